The Bertz CT molecular complexity index is 684. The lowest BCUT2D eigenvalue weighted by molar-refractivity contribution is -0.135. The Morgan fingerprint density at radius 2 is 2.00 bits per heavy atom. The first-order valence-electron chi connectivity index (χ1n) is 9.42. The predicted molar refractivity (Wildman–Crippen MR) is 103 cm³/mol. The summed E-state index contributed by atoms with van der Waals surface area (Å²) < 4.78 is 1.66. The lowest BCUT2D eigenvalue weighted by atomic mass is 9.93. The number of thioether (sulfide) groups is 1. The summed E-state index contributed by atoms with van der Waals surface area (Å²) in [6.07, 6.45) is 7.47. The van der Waals surface area contributed by atoms with E-state index in [1.807, 2.05) is 25.2 Å². The van der Waals surface area contributed by atoms with Crippen LogP contribution in [0.5, 0.6) is 0 Å². The van der Waals surface area contributed by atoms with Crippen molar-refractivity contribution >= 4 is 17.7 Å². The van der Waals surface area contributed by atoms with Crippen LogP contribution in [0.15, 0.2) is 35.5 Å². The van der Waals surface area contributed by atoms with Gasteiger partial charge >= 0.3 is 0 Å². The zero-order valence-corrected chi connectivity index (χ0v) is 16.2. The molecule has 1 aromatic carbocycles. The molecule has 1 saturated carbocycles. The van der Waals surface area contributed by atoms with Crippen LogP contribution in [-0.4, -0.2) is 42.8 Å². The summed E-state index contributed by atoms with van der Waals surface area (Å²) in [6, 6.07) is 10.7. The highest BCUT2D eigenvalue weighted by molar-refractivity contribution is 7.99. The van der Waals surface area contributed by atoms with Crippen molar-refractivity contribution in [1.29, 1.82) is 0 Å². The Labute approximate surface area is 159 Å². The molecule has 0 saturated heterocycles. The molecule has 140 valence electrons. The van der Waals surface area contributed by atoms with Gasteiger partial charge in [0.25, 0.3) is 0 Å². The monoisotopic (exact) mass is 373 g/mol. The topological polar surface area (TPSA) is 63.9 Å². The molecule has 0 radical (unpaired) electrons. The highest BCUT2D eigenvalue weighted by Crippen LogP contribution is 2.25. The molecule has 1 heterocycles. The molecule has 2 aromatic rings. The molecule has 0 N–H and O–H groups in total. The fourth-order valence-electron chi connectivity index (χ4n) is 3.47. The minimum absolute atomic E-state index is 0.275. The second kappa shape index (κ2) is 9.71. The highest BCUT2D eigenvalue weighted by Gasteiger charge is 2.25. The second-order valence-electron chi connectivity index (χ2n) is 6.84. The van der Waals surface area contributed by atoms with Gasteiger partial charge in [-0.15, -0.1) is 5.10 Å². The van der Waals surface area contributed by atoms with E-state index in [0.717, 1.165) is 36.7 Å². The lowest BCUT2D eigenvalue weighted by Crippen LogP contribution is -2.40. The summed E-state index contributed by atoms with van der Waals surface area (Å²) in [7, 11) is 1.83. The number of rotatable bonds is 8. The van der Waals surface area contributed by atoms with Crippen molar-refractivity contribution in [2.24, 2.45) is 7.05 Å². The van der Waals surface area contributed by atoms with E-state index in [0.29, 0.717) is 12.5 Å². The van der Waals surface area contributed by atoms with Crippen LogP contribution >= 0.6 is 11.8 Å². The molecule has 1 aromatic heterocycles. The van der Waals surface area contributed by atoms with Crippen LogP contribution in [0.2, 0.25) is 0 Å². The summed E-state index contributed by atoms with van der Waals surface area (Å²) in [5.74, 6) is 1.13. The third-order valence-corrected chi connectivity index (χ3v) is 5.98. The van der Waals surface area contributed by atoms with Crippen molar-refractivity contribution in [3.05, 3.63) is 35.9 Å². The first kappa shape index (κ1) is 18.9. The van der Waals surface area contributed by atoms with Crippen molar-refractivity contribution in [3.8, 4) is 0 Å². The zero-order valence-electron chi connectivity index (χ0n) is 15.4. The molecule has 0 atom stereocenters. The van der Waals surface area contributed by atoms with Gasteiger partial charge in [0.2, 0.25) is 11.1 Å². The van der Waals surface area contributed by atoms with Gasteiger partial charge in [0.1, 0.15) is 0 Å². The fraction of sp³-hybridized carbons (Fsp3) is 0.579. The van der Waals surface area contributed by atoms with Gasteiger partial charge in [0.15, 0.2) is 0 Å². The fourth-order valence-corrected chi connectivity index (χ4v) is 4.26. The molecular formula is C19H27N5OS. The third-order valence-electron chi connectivity index (χ3n) is 4.88. The maximum atomic E-state index is 12.9. The molecule has 3 rings (SSSR count). The highest BCUT2D eigenvalue weighted by atomic mass is 32.2. The van der Waals surface area contributed by atoms with Crippen molar-refractivity contribution in [2.45, 2.75) is 62.7 Å². The maximum absolute atomic E-state index is 12.9. The van der Waals surface area contributed by atoms with Gasteiger partial charge in [-0.3, -0.25) is 4.79 Å². The number of carbonyl (C=O) groups is 1. The molecule has 26 heavy (non-hydrogen) atoms. The second-order valence-corrected chi connectivity index (χ2v) is 7.90. The number of benzene rings is 1. The van der Waals surface area contributed by atoms with Gasteiger partial charge in [-0.2, -0.15) is 0 Å². The Kier molecular flexibility index (Phi) is 7.05. The minimum Gasteiger partial charge on any atom is -0.335 e. The zero-order chi connectivity index (χ0) is 18.2. The van der Waals surface area contributed by atoms with E-state index < -0.39 is 0 Å². The van der Waals surface area contributed by atoms with Crippen LogP contribution in [0.4, 0.5) is 0 Å². The number of aromatic nitrogens is 4. The molecule has 6 nitrogen and oxygen atoms in total. The van der Waals surface area contributed by atoms with E-state index in [1.165, 1.54) is 24.8 Å². The third kappa shape index (κ3) is 5.30. The molecule has 1 aliphatic rings. The van der Waals surface area contributed by atoms with Crippen LogP contribution in [0, 0.1) is 0 Å². The molecular weight excluding hydrogens is 346 g/mol. The molecule has 1 amide bonds. The summed E-state index contributed by atoms with van der Waals surface area (Å²) in [4.78, 5) is 15.1. The van der Waals surface area contributed by atoms with Crippen LogP contribution in [0.25, 0.3) is 0 Å². The van der Waals surface area contributed by atoms with Gasteiger partial charge in [0.05, 0.1) is 0 Å². The van der Waals surface area contributed by atoms with E-state index in [9.17, 15) is 4.79 Å². The van der Waals surface area contributed by atoms with E-state index in [-0.39, 0.29) is 5.91 Å². The summed E-state index contributed by atoms with van der Waals surface area (Å²) >= 11 is 1.60. The number of amides is 1. The molecule has 0 aliphatic heterocycles. The van der Waals surface area contributed by atoms with Crippen molar-refractivity contribution < 1.29 is 4.79 Å². The maximum Gasteiger partial charge on any atom is 0.223 e. The average molecular weight is 374 g/mol. The number of aryl methyl sites for hydroxylation is 1. The summed E-state index contributed by atoms with van der Waals surface area (Å²) in [5, 5.41) is 12.2. The number of hydrogen-bond donors (Lipinski definition) is 0. The van der Waals surface area contributed by atoms with Crippen molar-refractivity contribution in [3.63, 3.8) is 0 Å². The van der Waals surface area contributed by atoms with Gasteiger partial charge < -0.3 is 4.90 Å². The van der Waals surface area contributed by atoms with Crippen molar-refractivity contribution in [1.82, 2.24) is 25.1 Å². The molecule has 7 heteroatoms. The van der Waals surface area contributed by atoms with Crippen LogP contribution < -0.4 is 0 Å². The van der Waals surface area contributed by atoms with Crippen LogP contribution in [-0.2, 0) is 18.4 Å². The summed E-state index contributed by atoms with van der Waals surface area (Å²) in [5.41, 5.74) is 1.21. The molecule has 1 fully saturated rings. The Morgan fingerprint density at radius 1 is 1.23 bits per heavy atom. The summed E-state index contributed by atoms with van der Waals surface area (Å²) in [6.45, 7) is 0.727. The predicted octanol–water partition coefficient (Wildman–Crippen LogP) is 3.44. The first-order chi connectivity index (χ1) is 12.7. The van der Waals surface area contributed by atoms with Gasteiger partial charge in [-0.1, -0.05) is 61.4 Å². The smallest absolute Gasteiger partial charge is 0.223 e. The van der Waals surface area contributed by atoms with E-state index >= 15 is 0 Å². The quantitative estimate of drug-likeness (QED) is 0.524. The molecule has 1 aliphatic carbocycles. The van der Waals surface area contributed by atoms with Crippen LogP contribution in [0.3, 0.4) is 0 Å². The molecule has 0 unspecified atom stereocenters. The number of hydrogen-bond acceptors (Lipinski definition) is 5. The van der Waals surface area contributed by atoms with Crippen molar-refractivity contribution in [2.75, 3.05) is 5.75 Å². The van der Waals surface area contributed by atoms with Gasteiger partial charge in [-0.25, -0.2) is 4.68 Å². The lowest BCUT2D eigenvalue weighted by Gasteiger charge is -2.34. The largest absolute Gasteiger partial charge is 0.335 e. The minimum atomic E-state index is 0.275. The first-order valence-corrected chi connectivity index (χ1v) is 10.4. The SMILES string of the molecule is Cn1nnnc1SCCCC(=O)N(Cc1ccccc1)C1CCCCC1. The number of nitrogens with zero attached hydrogens (tertiary/aromatic N) is 5. The van der Waals surface area contributed by atoms with Crippen LogP contribution in [0.1, 0.15) is 50.5 Å². The normalized spacial score (nSPS) is 15.1. The van der Waals surface area contributed by atoms with Gasteiger partial charge in [-0.05, 0) is 35.3 Å². The standard InChI is InChI=1S/C19H27N5OS/c1-23-19(20-21-22-23)26-14-8-13-18(25)24(17-11-6-3-7-12-17)15-16-9-4-2-5-10-16/h2,4-5,9-10,17H,3,6-8,11-15H2,1H3. The van der Waals surface area contributed by atoms with Gasteiger partial charge in [0, 0.05) is 31.8 Å². The Morgan fingerprint density at radius 3 is 2.69 bits per heavy atom. The average Bonchev–Trinajstić information content (AvgIpc) is 3.09. The van der Waals surface area contributed by atoms with E-state index in [1.54, 1.807) is 16.4 Å². The van der Waals surface area contributed by atoms with E-state index in [2.05, 4.69) is 32.6 Å². The Hall–Kier alpha value is -1.89. The number of carbonyl (C=O) groups excluding carboxylic acids is 1. The molecule has 0 spiro atoms. The van der Waals surface area contributed by atoms with E-state index in [4.69, 9.17) is 0 Å². The molecule has 0 bridgehead atoms. The Balaban J connectivity index is 1.54. The number of tetrazole rings is 1.